The molecule has 37 heavy (non-hydrogen) atoms. The van der Waals surface area contributed by atoms with Gasteiger partial charge in [-0.1, -0.05) is 0 Å². The van der Waals surface area contributed by atoms with E-state index < -0.39 is 53.1 Å². The summed E-state index contributed by atoms with van der Waals surface area (Å²) in [5.41, 5.74) is 0.992. The van der Waals surface area contributed by atoms with Gasteiger partial charge in [-0.2, -0.15) is 53.9 Å². The quantitative estimate of drug-likeness (QED) is 0.187. The van der Waals surface area contributed by atoms with Crippen LogP contribution in [0.1, 0.15) is 22.5 Å². The van der Waals surface area contributed by atoms with Gasteiger partial charge in [-0.3, -0.25) is 15.4 Å². The van der Waals surface area contributed by atoms with Crippen molar-refractivity contribution in [2.45, 2.75) is 18.5 Å². The van der Waals surface area contributed by atoms with Crippen molar-refractivity contribution in [2.24, 2.45) is 5.73 Å². The summed E-state index contributed by atoms with van der Waals surface area (Å²) in [6.07, 6.45) is -12.6. The molecule has 0 spiro atoms. The minimum Gasteiger partial charge on any atom is -0.480 e. The zero-order valence-corrected chi connectivity index (χ0v) is 18.7. The molecule has 0 amide bonds. The maximum absolute atomic E-state index is 13.6. The minimum absolute atomic E-state index is 0. The van der Waals surface area contributed by atoms with E-state index >= 15 is 0 Å². The van der Waals surface area contributed by atoms with Gasteiger partial charge in [0.15, 0.2) is 11.4 Å². The number of aromatic nitrogens is 4. The van der Waals surface area contributed by atoms with E-state index in [2.05, 4.69) is 24.7 Å². The largest absolute Gasteiger partial charge is 0.480 e. The summed E-state index contributed by atoms with van der Waals surface area (Å²) in [5, 5.41) is 6.92. The zero-order chi connectivity index (χ0) is 27.5. The summed E-state index contributed by atoms with van der Waals surface area (Å²) in [6.45, 7) is 0. The third kappa shape index (κ3) is 8.12. The molecular weight excluding hydrogens is 554 g/mol. The van der Waals surface area contributed by atoms with Gasteiger partial charge in [-0.05, 0) is 24.3 Å². The molecule has 0 unspecified atom stereocenters. The van der Waals surface area contributed by atoms with E-state index in [1.54, 1.807) is 0 Å². The van der Waals surface area contributed by atoms with E-state index in [-0.39, 0.29) is 29.4 Å². The summed E-state index contributed by atoms with van der Waals surface area (Å²) >= 11 is 0. The Kier molecular flexibility index (Phi) is 9.74. The van der Waals surface area contributed by atoms with Gasteiger partial charge < -0.3 is 10.5 Å². The molecule has 7 nitrogen and oxygen atoms in total. The monoisotopic (exact) mass is 566 g/mol. The van der Waals surface area contributed by atoms with Crippen molar-refractivity contribution in [1.29, 1.82) is 5.41 Å². The number of halogens is 11. The number of methoxy groups -OCH3 is 1. The molecule has 3 rings (SSSR count). The van der Waals surface area contributed by atoms with Crippen LogP contribution < -0.4 is 10.5 Å². The van der Waals surface area contributed by atoms with Crippen LogP contribution in [0.25, 0.3) is 11.4 Å². The lowest BCUT2D eigenvalue weighted by atomic mass is 10.2. The Bertz CT molecular complexity index is 1210. The fraction of sp³-hybridized carbons (Fsp3) is 0.211. The second kappa shape index (κ2) is 11.5. The molecule has 0 aliphatic carbocycles. The molecule has 0 aromatic carbocycles. The number of hydrogen-bond donors (Lipinski definition) is 2. The fourth-order valence-electron chi connectivity index (χ4n) is 2.34. The first-order chi connectivity index (χ1) is 16.4. The average Bonchev–Trinajstić information content (AvgIpc) is 2.77. The highest BCUT2D eigenvalue weighted by Crippen LogP contribution is 2.37. The van der Waals surface area contributed by atoms with Crippen molar-refractivity contribution in [3.05, 3.63) is 65.1 Å². The van der Waals surface area contributed by atoms with Crippen LogP contribution in [0.2, 0.25) is 0 Å². The Balaban J connectivity index is 0.000000417. The standard InChI is InChI=1S/C12H6F7N3O.C7H6F3N3.ClH/c1-23-10-7(12(17,18)19)8(13)21-9(22-10)5-2-3-6(20-4-5)11(14,15)16;8-7(9,10)5-2-1-4(3-13-5)6(11)12;/h2-4H,1H3;1-3H,(H3,11,12);1H. The summed E-state index contributed by atoms with van der Waals surface area (Å²) in [7, 11) is 0.839. The normalized spacial score (nSPS) is 11.6. The fourth-order valence-corrected chi connectivity index (χ4v) is 2.34. The lowest BCUT2D eigenvalue weighted by Crippen LogP contribution is -2.14. The molecule has 202 valence electrons. The van der Waals surface area contributed by atoms with Gasteiger partial charge in [0.2, 0.25) is 11.8 Å². The van der Waals surface area contributed by atoms with Crippen molar-refractivity contribution >= 4 is 18.2 Å². The van der Waals surface area contributed by atoms with Crippen molar-refractivity contribution in [1.82, 2.24) is 19.9 Å². The highest BCUT2D eigenvalue weighted by Gasteiger charge is 2.40. The SMILES string of the molecule is COc1nc(-c2ccc(C(F)(F)F)nc2)nc(F)c1C(F)(F)F.Cl.N=C(N)c1ccc(C(F)(F)F)nc1. The Labute approximate surface area is 206 Å². The molecule has 0 atom stereocenters. The Morgan fingerprint density at radius 3 is 1.68 bits per heavy atom. The molecule has 3 aromatic rings. The molecule has 0 saturated heterocycles. The van der Waals surface area contributed by atoms with E-state index in [1.165, 1.54) is 0 Å². The number of nitrogens with one attached hydrogen (secondary N) is 1. The summed E-state index contributed by atoms with van der Waals surface area (Å²) in [5.74, 6) is -3.88. The Hall–Kier alpha value is -3.76. The maximum Gasteiger partial charge on any atom is 0.433 e. The molecule has 3 aromatic heterocycles. The van der Waals surface area contributed by atoms with Gasteiger partial charge in [0.25, 0.3) is 0 Å². The van der Waals surface area contributed by atoms with E-state index in [1.807, 2.05) is 0 Å². The lowest BCUT2D eigenvalue weighted by Gasteiger charge is -2.12. The first-order valence-electron chi connectivity index (χ1n) is 9.05. The summed E-state index contributed by atoms with van der Waals surface area (Å²) in [4.78, 5) is 12.6. The van der Waals surface area contributed by atoms with Crippen LogP contribution in [0.4, 0.5) is 43.9 Å². The Morgan fingerprint density at radius 1 is 0.811 bits per heavy atom. The van der Waals surface area contributed by atoms with Crippen LogP contribution in [0, 0.1) is 11.4 Å². The average molecular weight is 567 g/mol. The number of alkyl halides is 9. The van der Waals surface area contributed by atoms with Gasteiger partial charge in [0.05, 0.1) is 7.11 Å². The highest BCUT2D eigenvalue weighted by molar-refractivity contribution is 5.94. The molecule has 3 heterocycles. The zero-order valence-electron chi connectivity index (χ0n) is 17.9. The second-order valence-corrected chi connectivity index (χ2v) is 6.49. The van der Waals surface area contributed by atoms with Gasteiger partial charge in [0.1, 0.15) is 17.2 Å². The third-order valence-corrected chi connectivity index (χ3v) is 3.99. The molecule has 0 saturated carbocycles. The minimum atomic E-state index is -5.09. The predicted molar refractivity (Wildman–Crippen MR) is 109 cm³/mol. The molecule has 0 fully saturated rings. The van der Waals surface area contributed by atoms with Gasteiger partial charge in [-0.15, -0.1) is 12.4 Å². The molecule has 0 aliphatic heterocycles. The van der Waals surface area contributed by atoms with E-state index in [0.717, 1.165) is 31.5 Å². The summed E-state index contributed by atoms with van der Waals surface area (Å²) in [6, 6.07) is 3.33. The van der Waals surface area contributed by atoms with Crippen LogP contribution in [0.5, 0.6) is 5.88 Å². The number of pyridine rings is 2. The van der Waals surface area contributed by atoms with E-state index in [9.17, 15) is 43.9 Å². The lowest BCUT2D eigenvalue weighted by molar-refractivity contribution is -0.142. The summed E-state index contributed by atoms with van der Waals surface area (Å²) < 4.78 is 129. The third-order valence-electron chi connectivity index (χ3n) is 3.99. The van der Waals surface area contributed by atoms with Crippen molar-refractivity contribution in [3.63, 3.8) is 0 Å². The second-order valence-electron chi connectivity index (χ2n) is 6.49. The number of nitrogens with two attached hydrogens (primary N) is 1. The molecule has 3 N–H and O–H groups in total. The Morgan fingerprint density at radius 2 is 1.32 bits per heavy atom. The molecule has 0 bridgehead atoms. The van der Waals surface area contributed by atoms with Crippen molar-refractivity contribution in [3.8, 4) is 17.3 Å². The maximum atomic E-state index is 13.6. The molecule has 0 aliphatic rings. The first kappa shape index (κ1) is 31.3. The topological polar surface area (TPSA) is 111 Å². The smallest absolute Gasteiger partial charge is 0.433 e. The number of nitrogens with zero attached hydrogens (tertiary/aromatic N) is 4. The van der Waals surface area contributed by atoms with Crippen LogP contribution >= 0.6 is 12.4 Å². The van der Waals surface area contributed by atoms with Crippen LogP contribution in [0.15, 0.2) is 36.7 Å². The molecule has 0 radical (unpaired) electrons. The number of ether oxygens (including phenoxy) is 1. The molecule has 18 heteroatoms. The van der Waals surface area contributed by atoms with Crippen molar-refractivity contribution < 1.29 is 48.6 Å². The number of hydrogen-bond acceptors (Lipinski definition) is 6. The number of rotatable bonds is 3. The van der Waals surface area contributed by atoms with Crippen LogP contribution in [-0.2, 0) is 18.5 Å². The van der Waals surface area contributed by atoms with Crippen molar-refractivity contribution in [2.75, 3.05) is 7.11 Å². The van der Waals surface area contributed by atoms with Gasteiger partial charge in [-0.25, -0.2) is 0 Å². The predicted octanol–water partition coefficient (Wildman–Crippen LogP) is 5.53. The van der Waals surface area contributed by atoms with E-state index in [0.29, 0.717) is 12.3 Å². The van der Waals surface area contributed by atoms with Crippen LogP contribution in [-0.4, -0.2) is 32.9 Å². The molecular formula is C19H13ClF10N6O. The number of nitrogen functional groups attached to an aromatic ring is 1. The van der Waals surface area contributed by atoms with Crippen LogP contribution in [0.3, 0.4) is 0 Å². The number of amidine groups is 1. The van der Waals surface area contributed by atoms with E-state index in [4.69, 9.17) is 11.1 Å². The van der Waals surface area contributed by atoms with Gasteiger partial charge in [0, 0.05) is 23.5 Å². The van der Waals surface area contributed by atoms with Gasteiger partial charge >= 0.3 is 18.5 Å². The first-order valence-corrected chi connectivity index (χ1v) is 9.05. The highest BCUT2D eigenvalue weighted by atomic mass is 35.5.